The fraction of sp³-hybridized carbons (Fsp3) is 0.429. The Hall–Kier alpha value is -2.04. The van der Waals surface area contributed by atoms with Crippen molar-refractivity contribution in [3.05, 3.63) is 35.4 Å². The molecule has 1 aliphatic rings. The molecule has 0 saturated carbocycles. The van der Waals surface area contributed by atoms with E-state index in [1.165, 1.54) is 0 Å². The lowest BCUT2D eigenvalue weighted by Crippen LogP contribution is -2.41. The lowest BCUT2D eigenvalue weighted by molar-refractivity contribution is 0.0422. The Morgan fingerprint density at radius 1 is 1.37 bits per heavy atom. The number of ether oxygens (including phenoxy) is 1. The summed E-state index contributed by atoms with van der Waals surface area (Å²) >= 11 is 0. The summed E-state index contributed by atoms with van der Waals surface area (Å²) in [4.78, 5) is 24.6. The molecule has 0 bridgehead atoms. The maximum atomic E-state index is 11.8. The van der Waals surface area contributed by atoms with Crippen LogP contribution in [0.5, 0.6) is 0 Å². The average molecular weight is 262 g/mol. The van der Waals surface area contributed by atoms with Gasteiger partial charge in [-0.15, -0.1) is 0 Å². The molecule has 1 heterocycles. The summed E-state index contributed by atoms with van der Waals surface area (Å²) in [5, 5.41) is 0. The van der Waals surface area contributed by atoms with Crippen LogP contribution in [0.1, 0.15) is 28.8 Å². The number of carbonyl (C=O) groups excluding carboxylic acids is 2. The van der Waals surface area contributed by atoms with E-state index in [1.54, 1.807) is 17.0 Å². The average Bonchev–Trinajstić information content (AvgIpc) is 2.85. The van der Waals surface area contributed by atoms with Crippen LogP contribution in [0.15, 0.2) is 24.3 Å². The highest BCUT2D eigenvalue weighted by Crippen LogP contribution is 2.17. The third kappa shape index (κ3) is 3.24. The molecular weight excluding hydrogens is 244 g/mol. The molecule has 5 heteroatoms. The van der Waals surface area contributed by atoms with Gasteiger partial charge in [-0.25, -0.2) is 9.59 Å². The third-order valence-electron chi connectivity index (χ3n) is 3.35. The van der Waals surface area contributed by atoms with Gasteiger partial charge < -0.3 is 15.4 Å². The molecule has 102 valence electrons. The Labute approximate surface area is 112 Å². The number of rotatable bonds is 3. The van der Waals surface area contributed by atoms with Crippen LogP contribution in [0, 0.1) is 6.92 Å². The first-order valence-corrected chi connectivity index (χ1v) is 6.38. The minimum Gasteiger partial charge on any atom is -0.460 e. The summed E-state index contributed by atoms with van der Waals surface area (Å²) in [5.41, 5.74) is 6.88. The van der Waals surface area contributed by atoms with E-state index in [-0.39, 0.29) is 18.6 Å². The van der Waals surface area contributed by atoms with Crippen LogP contribution in [0.2, 0.25) is 0 Å². The van der Waals surface area contributed by atoms with E-state index >= 15 is 0 Å². The van der Waals surface area contributed by atoms with Crippen molar-refractivity contribution in [1.29, 1.82) is 0 Å². The normalized spacial score (nSPS) is 18.4. The first-order valence-electron chi connectivity index (χ1n) is 6.38. The second-order valence-corrected chi connectivity index (χ2v) is 4.79. The number of nitrogens with two attached hydrogens (primary N) is 1. The molecule has 1 saturated heterocycles. The molecule has 1 fully saturated rings. The summed E-state index contributed by atoms with van der Waals surface area (Å²) in [6.45, 7) is 2.80. The van der Waals surface area contributed by atoms with Crippen molar-refractivity contribution in [2.24, 2.45) is 5.73 Å². The molecule has 19 heavy (non-hydrogen) atoms. The van der Waals surface area contributed by atoms with Gasteiger partial charge in [0.2, 0.25) is 0 Å². The van der Waals surface area contributed by atoms with E-state index in [0.29, 0.717) is 12.1 Å². The Bertz CT molecular complexity index is 470. The van der Waals surface area contributed by atoms with Gasteiger partial charge in [0.05, 0.1) is 11.6 Å². The fourth-order valence-corrected chi connectivity index (χ4v) is 2.24. The zero-order valence-corrected chi connectivity index (χ0v) is 11.0. The standard InChI is InChI=1S/C14H18N2O3/c1-10-4-6-11(7-5-10)13(17)19-9-12-3-2-8-16(12)14(15)18/h4-7,12H,2-3,8-9H2,1H3,(H2,15,18). The van der Waals surface area contributed by atoms with Gasteiger partial charge in [-0.2, -0.15) is 0 Å². The van der Waals surface area contributed by atoms with Crippen LogP contribution >= 0.6 is 0 Å². The van der Waals surface area contributed by atoms with Crippen molar-refractivity contribution < 1.29 is 14.3 Å². The summed E-state index contributed by atoms with van der Waals surface area (Å²) in [5.74, 6) is -0.365. The Balaban J connectivity index is 1.90. The van der Waals surface area contributed by atoms with Gasteiger partial charge in [-0.1, -0.05) is 17.7 Å². The van der Waals surface area contributed by atoms with Gasteiger partial charge >= 0.3 is 12.0 Å². The van der Waals surface area contributed by atoms with Crippen LogP contribution < -0.4 is 5.73 Å². The SMILES string of the molecule is Cc1ccc(C(=O)OCC2CCCN2C(N)=O)cc1. The summed E-state index contributed by atoms with van der Waals surface area (Å²) < 4.78 is 5.24. The number of likely N-dealkylation sites (tertiary alicyclic amines) is 1. The van der Waals surface area contributed by atoms with Crippen LogP contribution in [0.3, 0.4) is 0 Å². The van der Waals surface area contributed by atoms with Gasteiger partial charge in [0.15, 0.2) is 0 Å². The lowest BCUT2D eigenvalue weighted by atomic mass is 10.1. The molecule has 2 N–H and O–H groups in total. The minimum absolute atomic E-state index is 0.0908. The van der Waals surface area contributed by atoms with E-state index in [4.69, 9.17) is 10.5 Å². The first kappa shape index (κ1) is 13.4. The lowest BCUT2D eigenvalue weighted by Gasteiger charge is -2.22. The molecule has 0 aromatic heterocycles. The molecule has 2 amide bonds. The van der Waals surface area contributed by atoms with E-state index in [9.17, 15) is 9.59 Å². The van der Waals surface area contributed by atoms with Gasteiger partial charge in [-0.3, -0.25) is 0 Å². The largest absolute Gasteiger partial charge is 0.460 e. The summed E-state index contributed by atoms with van der Waals surface area (Å²) in [6, 6.07) is 6.65. The number of hydrogen-bond acceptors (Lipinski definition) is 3. The number of esters is 1. The summed E-state index contributed by atoms with van der Waals surface area (Å²) in [7, 11) is 0. The monoisotopic (exact) mass is 262 g/mol. The van der Waals surface area contributed by atoms with Gasteiger partial charge in [-0.05, 0) is 31.9 Å². The van der Waals surface area contributed by atoms with Crippen molar-refractivity contribution in [3.63, 3.8) is 0 Å². The maximum absolute atomic E-state index is 11.8. The first-order chi connectivity index (χ1) is 9.08. The number of aryl methyl sites for hydroxylation is 1. The van der Waals surface area contributed by atoms with Gasteiger partial charge in [0.25, 0.3) is 0 Å². The van der Waals surface area contributed by atoms with Crippen LogP contribution in [-0.4, -0.2) is 36.1 Å². The number of nitrogens with zero attached hydrogens (tertiary/aromatic N) is 1. The number of benzene rings is 1. The molecule has 1 aliphatic heterocycles. The van der Waals surface area contributed by atoms with Crippen molar-refractivity contribution in [2.75, 3.05) is 13.2 Å². The predicted molar refractivity (Wildman–Crippen MR) is 70.8 cm³/mol. The number of amides is 2. The second kappa shape index (κ2) is 5.73. The highest BCUT2D eigenvalue weighted by atomic mass is 16.5. The fourth-order valence-electron chi connectivity index (χ4n) is 2.24. The van der Waals surface area contributed by atoms with Crippen molar-refractivity contribution in [2.45, 2.75) is 25.8 Å². The zero-order chi connectivity index (χ0) is 13.8. The smallest absolute Gasteiger partial charge is 0.338 e. The molecule has 1 atom stereocenters. The predicted octanol–water partition coefficient (Wildman–Crippen LogP) is 1.69. The van der Waals surface area contributed by atoms with Crippen LogP contribution in [-0.2, 0) is 4.74 Å². The molecule has 0 radical (unpaired) electrons. The van der Waals surface area contributed by atoms with Crippen molar-refractivity contribution in [3.8, 4) is 0 Å². The van der Waals surface area contributed by atoms with E-state index in [1.807, 2.05) is 19.1 Å². The number of primary amides is 1. The zero-order valence-electron chi connectivity index (χ0n) is 11.0. The third-order valence-corrected chi connectivity index (χ3v) is 3.35. The number of carbonyl (C=O) groups is 2. The number of urea groups is 1. The highest BCUT2D eigenvalue weighted by molar-refractivity contribution is 5.89. The van der Waals surface area contributed by atoms with Crippen molar-refractivity contribution >= 4 is 12.0 Å². The second-order valence-electron chi connectivity index (χ2n) is 4.79. The molecule has 5 nitrogen and oxygen atoms in total. The quantitative estimate of drug-likeness (QED) is 0.842. The summed E-state index contributed by atoms with van der Waals surface area (Å²) in [6.07, 6.45) is 1.72. The molecule has 1 aromatic rings. The Morgan fingerprint density at radius 3 is 2.68 bits per heavy atom. The molecule has 1 unspecified atom stereocenters. The topological polar surface area (TPSA) is 72.6 Å². The van der Waals surface area contributed by atoms with Gasteiger partial charge in [0.1, 0.15) is 6.61 Å². The molecule has 1 aromatic carbocycles. The Kier molecular flexibility index (Phi) is 4.04. The molecule has 0 spiro atoms. The molecule has 0 aliphatic carbocycles. The maximum Gasteiger partial charge on any atom is 0.338 e. The van der Waals surface area contributed by atoms with Gasteiger partial charge in [0, 0.05) is 6.54 Å². The van der Waals surface area contributed by atoms with Crippen molar-refractivity contribution in [1.82, 2.24) is 4.90 Å². The minimum atomic E-state index is -0.450. The van der Waals surface area contributed by atoms with E-state index in [0.717, 1.165) is 18.4 Å². The molecule has 2 rings (SSSR count). The van der Waals surface area contributed by atoms with E-state index in [2.05, 4.69) is 0 Å². The van der Waals surface area contributed by atoms with Crippen LogP contribution in [0.4, 0.5) is 4.79 Å². The highest BCUT2D eigenvalue weighted by Gasteiger charge is 2.28. The Morgan fingerprint density at radius 2 is 2.05 bits per heavy atom. The number of hydrogen-bond donors (Lipinski definition) is 1. The van der Waals surface area contributed by atoms with E-state index < -0.39 is 6.03 Å². The molecular formula is C14H18N2O3. The van der Waals surface area contributed by atoms with Crippen LogP contribution in [0.25, 0.3) is 0 Å².